The van der Waals surface area contributed by atoms with E-state index in [1.165, 1.54) is 103 Å². The number of ether oxygens (including phenoxy) is 3. The second kappa shape index (κ2) is 22.6. The summed E-state index contributed by atoms with van der Waals surface area (Å²) in [6, 6.07) is 11.2. The second-order valence-electron chi connectivity index (χ2n) is 28.1. The van der Waals surface area contributed by atoms with Gasteiger partial charge in [0.15, 0.2) is 19.8 Å². The summed E-state index contributed by atoms with van der Waals surface area (Å²) in [5.41, 5.74) is 2.74. The Kier molecular flexibility index (Phi) is 15.2. The largest absolute Gasteiger partial charge is 0.467 e. The number of aliphatic imine (C=N–C) groups is 2. The number of halogens is 2. The smallest absolute Gasteiger partial charge is 0.348 e. The summed E-state index contributed by atoms with van der Waals surface area (Å²) < 4.78 is 43.3. The van der Waals surface area contributed by atoms with Crippen molar-refractivity contribution in [1.29, 1.82) is 0 Å². The van der Waals surface area contributed by atoms with E-state index in [4.69, 9.17) is 14.2 Å². The highest BCUT2D eigenvalue weighted by Crippen LogP contribution is 2.58. The molecule has 14 saturated carbocycles. The van der Waals surface area contributed by atoms with E-state index in [1.807, 2.05) is 36.4 Å². The number of rotatable bonds is 13. The first-order valence-electron chi connectivity index (χ1n) is 31.3. The Hall–Kier alpha value is -6.33. The van der Waals surface area contributed by atoms with Gasteiger partial charge in [0.25, 0.3) is 17.7 Å². The number of nitrogens with zero attached hydrogens (tertiary/aromatic N) is 3. The fourth-order valence-electron chi connectivity index (χ4n) is 19.3. The van der Waals surface area contributed by atoms with Crippen molar-refractivity contribution < 1.29 is 37.4 Å². The fraction of sp³-hybridized carbons (Fsp3) is 0.646. The predicted molar refractivity (Wildman–Crippen MR) is 310 cm³/mol. The van der Waals surface area contributed by atoms with Crippen LogP contribution in [0.3, 0.4) is 0 Å². The number of H-pyrrole nitrogens is 1. The minimum atomic E-state index is -2.60. The second-order valence-corrected chi connectivity index (χ2v) is 28.1. The highest BCUT2D eigenvalue weighted by Gasteiger charge is 2.54. The van der Waals surface area contributed by atoms with Gasteiger partial charge in [-0.1, -0.05) is 56.3 Å². The molecule has 1 aromatic carbocycles. The fourth-order valence-corrected chi connectivity index (χ4v) is 19.3. The van der Waals surface area contributed by atoms with Gasteiger partial charge in [-0.05, 0) is 193 Å². The first kappa shape index (κ1) is 55.8. The van der Waals surface area contributed by atoms with Gasteiger partial charge in [-0.15, -0.1) is 0 Å². The lowest BCUT2D eigenvalue weighted by Gasteiger charge is -2.56. The van der Waals surface area contributed by atoms with E-state index in [2.05, 4.69) is 59.7 Å². The summed E-state index contributed by atoms with van der Waals surface area (Å²) in [4.78, 5) is 64.7. The van der Waals surface area contributed by atoms with Crippen LogP contribution in [-0.4, -0.2) is 81.8 Å². The maximum Gasteiger partial charge on any atom is 0.348 e. The van der Waals surface area contributed by atoms with Gasteiger partial charge in [-0.25, -0.2) is 13.6 Å². The van der Waals surface area contributed by atoms with Crippen molar-refractivity contribution in [2.24, 2.45) is 75.1 Å². The first-order chi connectivity index (χ1) is 39.9. The molecule has 3 amide bonds. The quantitative estimate of drug-likeness (QED) is 0.112. The molecular weight excluding hydrogens is 1060 g/mol. The van der Waals surface area contributed by atoms with Crippen LogP contribution in [0.25, 0.3) is 11.3 Å². The molecule has 0 spiro atoms. The summed E-state index contributed by atoms with van der Waals surface area (Å²) in [5, 5.41) is 16.1. The molecule has 0 saturated heterocycles. The van der Waals surface area contributed by atoms with E-state index in [-0.39, 0.29) is 84.7 Å². The molecule has 16 nitrogen and oxygen atoms in total. The molecule has 12 bridgehead atoms. The monoisotopic (exact) mass is 1140 g/mol. The van der Waals surface area contributed by atoms with Crippen molar-refractivity contribution in [3.8, 4) is 17.1 Å². The number of nitrogens with one attached hydrogen (secondary N) is 6. The van der Waals surface area contributed by atoms with Gasteiger partial charge < -0.3 is 45.8 Å². The molecule has 3 heterocycles. The van der Waals surface area contributed by atoms with Crippen molar-refractivity contribution in [2.75, 3.05) is 19.8 Å². The molecule has 14 aliphatic carbocycles. The van der Waals surface area contributed by atoms with Gasteiger partial charge >= 0.3 is 5.69 Å². The summed E-state index contributed by atoms with van der Waals surface area (Å²) >= 11 is 0. The summed E-state index contributed by atoms with van der Waals surface area (Å²) in [6.07, 6.45) is 30.4. The lowest BCUT2D eigenvalue weighted by atomic mass is 9.53. The van der Waals surface area contributed by atoms with Crippen LogP contribution in [0.1, 0.15) is 154 Å². The zero-order valence-electron chi connectivity index (χ0n) is 47.9. The van der Waals surface area contributed by atoms with E-state index in [0.717, 1.165) is 103 Å². The number of aromatic amines is 1. The van der Waals surface area contributed by atoms with Gasteiger partial charge in [-0.2, -0.15) is 15.0 Å². The molecule has 2 aromatic rings. The SMILES string of the molecule is C=C1N=C(OCC(=O)NC23CC4CC(CC(C4)C2)C3)C=C(C2CC(F)(F)C2)N1.C=C1N=C(OCC(=O)NC23CC4CC(CC(C4)C2)C3)C=C(C2CCCC2)N1.O=C(COc1cc(-c2ccccc2)[nH]c(=O)n1)NC12CC3CC(CC(C3)C1)C2. The van der Waals surface area contributed by atoms with E-state index in [1.54, 1.807) is 12.1 Å². The molecular formula is C65H83F2N9O7. The van der Waals surface area contributed by atoms with Crippen LogP contribution in [0.4, 0.5) is 8.78 Å². The molecule has 16 aliphatic rings. The lowest BCUT2D eigenvalue weighted by Crippen LogP contribution is -2.60. The molecule has 6 N–H and O–H groups in total. The maximum atomic E-state index is 13.2. The van der Waals surface area contributed by atoms with Crippen LogP contribution in [0.2, 0.25) is 0 Å². The minimum Gasteiger partial charge on any atom is -0.467 e. The van der Waals surface area contributed by atoms with Crippen LogP contribution in [0.15, 0.2) is 99.5 Å². The van der Waals surface area contributed by atoms with Crippen molar-refractivity contribution in [3.05, 3.63) is 95.2 Å². The third-order valence-electron chi connectivity index (χ3n) is 21.1. The number of carbonyl (C=O) groups is 3. The van der Waals surface area contributed by atoms with Crippen LogP contribution >= 0.6 is 0 Å². The topological polar surface area (TPSA) is 210 Å². The van der Waals surface area contributed by atoms with Gasteiger partial charge in [0.1, 0.15) is 11.6 Å². The molecule has 14 fully saturated rings. The predicted octanol–water partition coefficient (Wildman–Crippen LogP) is 10.0. The number of amides is 3. The number of benzene rings is 1. The maximum absolute atomic E-state index is 13.2. The van der Waals surface area contributed by atoms with Crippen molar-refractivity contribution in [2.45, 2.75) is 177 Å². The van der Waals surface area contributed by atoms with Crippen LogP contribution in [0, 0.1) is 65.1 Å². The Labute approximate surface area is 485 Å². The Bertz CT molecular complexity index is 2940. The van der Waals surface area contributed by atoms with E-state index in [9.17, 15) is 28.0 Å². The molecule has 0 radical (unpaired) electrons. The zero-order valence-corrected chi connectivity index (χ0v) is 47.9. The van der Waals surface area contributed by atoms with Gasteiger partial charge in [0.2, 0.25) is 23.6 Å². The standard InChI is InChI=1S/C22H25N3O3.C22H31N3O2.C21H27F2N3O2/c26-19(25-22-10-14-6-15(11-22)8-16(7-14)12-22)13-28-20-9-18(23-21(27)24-20)17-4-2-1-3-5-17;1-14-23-19(18-4-2-3-5-18)9-21(24-14)27-13-20(26)25-22-10-15-6-16(11-22)8-17(7-15)12-22;1-12-24-17(16-9-21(22,23)10-16)5-19(25-12)28-11-18(27)26-20-6-13-2-14(7-20)4-15(3-13)8-20/h1-5,9,14-16H,6-8,10-13H2,(H,25,26)(H,23,24,27);9,15-18,23H,1-8,10-13H2,(H,25,26);5,13-16,24H,1-4,6-11H2,(H,26,27). The normalized spacial score (nSPS) is 35.3. The molecule has 1 aromatic heterocycles. The van der Waals surface area contributed by atoms with Crippen LogP contribution < -0.4 is 37.0 Å². The number of hydrogen-bond donors (Lipinski definition) is 6. The number of allylic oxidation sites excluding steroid dienone is 2. The average molecular weight is 1140 g/mol. The van der Waals surface area contributed by atoms with E-state index < -0.39 is 11.6 Å². The third-order valence-corrected chi connectivity index (χ3v) is 21.1. The van der Waals surface area contributed by atoms with Crippen molar-refractivity contribution in [3.63, 3.8) is 0 Å². The first-order valence-corrected chi connectivity index (χ1v) is 31.3. The molecule has 2 aliphatic heterocycles. The number of hydrogen-bond acceptors (Lipinski definition) is 12. The number of aromatic nitrogens is 2. The van der Waals surface area contributed by atoms with Crippen LogP contribution in [-0.2, 0) is 23.9 Å². The Morgan fingerprint density at radius 1 is 0.542 bits per heavy atom. The highest BCUT2D eigenvalue weighted by atomic mass is 19.3. The molecule has 444 valence electrons. The summed E-state index contributed by atoms with van der Waals surface area (Å²) in [7, 11) is 0. The molecule has 83 heavy (non-hydrogen) atoms. The highest BCUT2D eigenvalue weighted by molar-refractivity contribution is 5.93. The van der Waals surface area contributed by atoms with Crippen molar-refractivity contribution in [1.82, 2.24) is 36.6 Å². The Morgan fingerprint density at radius 2 is 0.916 bits per heavy atom. The molecule has 18 rings (SSSR count). The molecule has 18 heteroatoms. The van der Waals surface area contributed by atoms with E-state index in [0.29, 0.717) is 34.8 Å². The lowest BCUT2D eigenvalue weighted by molar-refractivity contribution is -0.130. The van der Waals surface area contributed by atoms with E-state index >= 15 is 0 Å². The zero-order chi connectivity index (χ0) is 57.1. The van der Waals surface area contributed by atoms with Gasteiger partial charge in [0.05, 0.1) is 5.69 Å². The summed E-state index contributed by atoms with van der Waals surface area (Å²) in [6.45, 7) is 7.51. The minimum absolute atomic E-state index is 0.000360. The van der Waals surface area contributed by atoms with Crippen molar-refractivity contribution >= 4 is 29.5 Å². The molecule has 0 atom stereocenters. The number of alkyl halides is 2. The van der Waals surface area contributed by atoms with Gasteiger partial charge in [0, 0.05) is 65.0 Å². The average Bonchev–Trinajstić information content (AvgIpc) is 3.65. The molecule has 0 unspecified atom stereocenters. The third kappa shape index (κ3) is 13.0. The number of carbonyl (C=O) groups excluding carboxylic acids is 3. The Morgan fingerprint density at radius 3 is 1.30 bits per heavy atom. The van der Waals surface area contributed by atoms with Gasteiger partial charge in [-0.3, -0.25) is 14.4 Å². The van der Waals surface area contributed by atoms with Crippen LogP contribution in [0.5, 0.6) is 5.88 Å². The summed E-state index contributed by atoms with van der Waals surface area (Å²) in [5.74, 6) is 6.43. The Balaban J connectivity index is 0.000000117.